The van der Waals surface area contributed by atoms with Crippen LogP contribution in [0.1, 0.15) is 43.6 Å². The van der Waals surface area contributed by atoms with Gasteiger partial charge in [0.25, 0.3) is 0 Å². The minimum atomic E-state index is -3.60. The predicted molar refractivity (Wildman–Crippen MR) is 155 cm³/mol. The van der Waals surface area contributed by atoms with Crippen LogP contribution in [0.3, 0.4) is 0 Å². The Morgan fingerprint density at radius 2 is 1.88 bits per heavy atom. The Morgan fingerprint density at radius 1 is 1.12 bits per heavy atom. The number of rotatable bonds is 10. The maximum Gasteiger partial charge on any atom is 0.235 e. The molecule has 2 aromatic rings. The predicted octanol–water partition coefficient (Wildman–Crippen LogP) is 3.84. The molecule has 220 valence electrons. The summed E-state index contributed by atoms with van der Waals surface area (Å²) in [6, 6.07) is 10.6. The summed E-state index contributed by atoms with van der Waals surface area (Å²) in [6.07, 6.45) is 10.9. The van der Waals surface area contributed by atoms with Gasteiger partial charge in [0.15, 0.2) is 0 Å². The number of amides is 1. The van der Waals surface area contributed by atoms with Crippen molar-refractivity contribution in [3.8, 4) is 17.4 Å². The van der Waals surface area contributed by atoms with Gasteiger partial charge in [0.05, 0.1) is 24.3 Å². The van der Waals surface area contributed by atoms with Gasteiger partial charge in [0.1, 0.15) is 33.2 Å². The standard InChI is InChI=1S/C29H34N2O8S2/c1-21-8-11-24(38-25-12-9-22(10-13-25)23-18-28(32)31-41(35,36)20-23)6-3-4-7-27(21)39-26-14-15-29(30-19-26)37-16-5-17-40(2,33)34/h3-4,7,9-10,12-15,19,23-24H,1,5-6,8,11,16-18,20H2,2H3,(H,31,32)/b4-3-,27-7+/t23?,24-/m0/s1. The van der Waals surface area contributed by atoms with Crippen LogP contribution >= 0.6 is 0 Å². The molecular formula is C29H34N2O8S2. The molecule has 1 N–H and O–H groups in total. The number of hydrogen-bond acceptors (Lipinski definition) is 9. The van der Waals surface area contributed by atoms with Gasteiger partial charge in [-0.3, -0.25) is 9.52 Å². The fourth-order valence-corrected chi connectivity index (χ4v) is 6.46. The summed E-state index contributed by atoms with van der Waals surface area (Å²) in [6.45, 7) is 4.44. The number of allylic oxidation sites excluding steroid dienone is 3. The number of carbonyl (C=O) groups is 1. The molecule has 0 radical (unpaired) electrons. The molecule has 0 spiro atoms. The first-order chi connectivity index (χ1) is 19.5. The van der Waals surface area contributed by atoms with Crippen molar-refractivity contribution in [1.82, 2.24) is 9.71 Å². The number of carbonyl (C=O) groups excluding carboxylic acids is 1. The number of sulfonamides is 1. The Balaban J connectivity index is 1.28. The zero-order valence-corrected chi connectivity index (χ0v) is 24.5. The van der Waals surface area contributed by atoms with Gasteiger partial charge >= 0.3 is 0 Å². The van der Waals surface area contributed by atoms with Crippen LogP contribution in [0, 0.1) is 0 Å². The van der Waals surface area contributed by atoms with E-state index in [-0.39, 0.29) is 36.6 Å². The minimum absolute atomic E-state index is 0.0616. The van der Waals surface area contributed by atoms with Crippen molar-refractivity contribution in [2.24, 2.45) is 0 Å². The van der Waals surface area contributed by atoms with E-state index in [1.165, 1.54) is 6.26 Å². The molecule has 1 saturated heterocycles. The molecule has 1 aliphatic carbocycles. The van der Waals surface area contributed by atoms with E-state index in [0.29, 0.717) is 48.8 Å². The molecule has 1 aliphatic heterocycles. The van der Waals surface area contributed by atoms with Crippen LogP contribution in [0.5, 0.6) is 17.4 Å². The summed E-state index contributed by atoms with van der Waals surface area (Å²) in [5, 5.41) is 0. The molecule has 1 amide bonds. The lowest BCUT2D eigenvalue weighted by Crippen LogP contribution is -2.40. The van der Waals surface area contributed by atoms with Gasteiger partial charge in [-0.25, -0.2) is 21.8 Å². The van der Waals surface area contributed by atoms with Gasteiger partial charge in [0, 0.05) is 31.1 Å². The zero-order valence-electron chi connectivity index (χ0n) is 22.8. The Kier molecular flexibility index (Phi) is 9.87. The van der Waals surface area contributed by atoms with Gasteiger partial charge in [-0.1, -0.05) is 30.9 Å². The van der Waals surface area contributed by atoms with Crippen molar-refractivity contribution in [2.45, 2.75) is 44.1 Å². The number of nitrogens with one attached hydrogen (secondary N) is 1. The Bertz CT molecular complexity index is 1510. The van der Waals surface area contributed by atoms with Crippen LogP contribution in [0.25, 0.3) is 0 Å². The van der Waals surface area contributed by atoms with Gasteiger partial charge in [-0.2, -0.15) is 0 Å². The molecule has 0 bridgehead atoms. The van der Waals surface area contributed by atoms with Crippen LogP contribution in [0.2, 0.25) is 0 Å². The van der Waals surface area contributed by atoms with Crippen molar-refractivity contribution in [2.75, 3.05) is 24.4 Å². The fourth-order valence-electron chi connectivity index (χ4n) is 4.46. The number of nitrogens with zero attached hydrogens (tertiary/aromatic N) is 1. The molecular weight excluding hydrogens is 568 g/mol. The van der Waals surface area contributed by atoms with E-state index in [9.17, 15) is 21.6 Å². The molecule has 1 aromatic heterocycles. The lowest BCUT2D eigenvalue weighted by molar-refractivity contribution is -0.119. The fraction of sp³-hybridized carbons (Fsp3) is 0.379. The summed E-state index contributed by atoms with van der Waals surface area (Å²) in [4.78, 5) is 16.0. The summed E-state index contributed by atoms with van der Waals surface area (Å²) < 4.78 is 66.0. The Labute approximate surface area is 241 Å². The normalized spacial score (nSPS) is 23.1. The van der Waals surface area contributed by atoms with Crippen LogP contribution < -0.4 is 18.9 Å². The quantitative estimate of drug-likeness (QED) is 0.402. The van der Waals surface area contributed by atoms with Gasteiger partial charge in [-0.15, -0.1) is 0 Å². The molecule has 2 aliphatic rings. The van der Waals surface area contributed by atoms with Gasteiger partial charge in [-0.05, 0) is 54.7 Å². The molecule has 4 rings (SSSR count). The van der Waals surface area contributed by atoms with Crippen LogP contribution in [-0.2, 0) is 24.7 Å². The summed E-state index contributed by atoms with van der Waals surface area (Å²) in [5.74, 6) is 1.25. The number of hydrogen-bond donors (Lipinski definition) is 1. The third kappa shape index (κ3) is 9.75. The number of benzene rings is 1. The second-order valence-corrected chi connectivity index (χ2v) is 14.1. The lowest BCUT2D eigenvalue weighted by atomic mass is 9.97. The van der Waals surface area contributed by atoms with E-state index in [1.807, 2.05) is 35.1 Å². The molecule has 10 nitrogen and oxygen atoms in total. The topological polar surface area (TPSA) is 138 Å². The average Bonchev–Trinajstić information content (AvgIpc) is 2.98. The second-order valence-electron chi connectivity index (χ2n) is 10.1. The maximum absolute atomic E-state index is 11.9. The molecule has 2 atom stereocenters. The average molecular weight is 603 g/mol. The first-order valence-electron chi connectivity index (χ1n) is 13.2. The second kappa shape index (κ2) is 13.3. The highest BCUT2D eigenvalue weighted by molar-refractivity contribution is 7.90. The van der Waals surface area contributed by atoms with Crippen molar-refractivity contribution in [3.63, 3.8) is 0 Å². The van der Waals surface area contributed by atoms with Gasteiger partial charge in [0.2, 0.25) is 21.8 Å². The highest BCUT2D eigenvalue weighted by Gasteiger charge is 2.30. The number of pyridine rings is 1. The summed E-state index contributed by atoms with van der Waals surface area (Å²) in [5.41, 5.74) is 1.59. The summed E-state index contributed by atoms with van der Waals surface area (Å²) >= 11 is 0. The number of sulfone groups is 1. The summed E-state index contributed by atoms with van der Waals surface area (Å²) in [7, 11) is -6.62. The van der Waals surface area contributed by atoms with Gasteiger partial charge < -0.3 is 14.2 Å². The van der Waals surface area contributed by atoms with E-state index in [2.05, 4.69) is 11.6 Å². The van der Waals surface area contributed by atoms with E-state index in [1.54, 1.807) is 30.5 Å². The van der Waals surface area contributed by atoms with Crippen molar-refractivity contribution in [1.29, 1.82) is 0 Å². The number of ether oxygens (including phenoxy) is 3. The van der Waals surface area contributed by atoms with Crippen LogP contribution in [-0.4, -0.2) is 58.2 Å². The highest BCUT2D eigenvalue weighted by atomic mass is 32.2. The van der Waals surface area contributed by atoms with E-state index >= 15 is 0 Å². The lowest BCUT2D eigenvalue weighted by Gasteiger charge is -2.23. The van der Waals surface area contributed by atoms with Crippen molar-refractivity contribution in [3.05, 3.63) is 84.3 Å². The van der Waals surface area contributed by atoms with Crippen molar-refractivity contribution < 1.29 is 35.8 Å². The largest absolute Gasteiger partial charge is 0.490 e. The number of aromatic nitrogens is 1. The highest BCUT2D eigenvalue weighted by Crippen LogP contribution is 2.29. The van der Waals surface area contributed by atoms with E-state index in [4.69, 9.17) is 14.2 Å². The maximum atomic E-state index is 11.9. The first kappa shape index (κ1) is 30.3. The monoisotopic (exact) mass is 602 g/mol. The Hall–Kier alpha value is -3.64. The zero-order chi connectivity index (χ0) is 29.5. The van der Waals surface area contributed by atoms with E-state index < -0.39 is 25.8 Å². The molecule has 2 heterocycles. The first-order valence-corrected chi connectivity index (χ1v) is 17.0. The third-order valence-corrected chi connectivity index (χ3v) is 8.93. The van der Waals surface area contributed by atoms with Crippen LogP contribution in [0.4, 0.5) is 0 Å². The SMILES string of the molecule is C=C1CC[C@@H](Oc2ccc(C3CC(=O)NS(=O)(=O)C3)cc2)C/C=C\C=C/1Oc1ccc(OCCCS(C)(=O)=O)nc1. The van der Waals surface area contributed by atoms with Crippen molar-refractivity contribution >= 4 is 25.8 Å². The molecule has 1 unspecified atom stereocenters. The van der Waals surface area contributed by atoms with E-state index in [0.717, 1.165) is 11.1 Å². The molecule has 1 aromatic carbocycles. The minimum Gasteiger partial charge on any atom is -0.490 e. The third-order valence-electron chi connectivity index (χ3n) is 6.52. The molecule has 0 saturated carbocycles. The molecule has 12 heteroatoms. The van der Waals surface area contributed by atoms with Crippen LogP contribution in [0.15, 0.2) is 78.7 Å². The molecule has 41 heavy (non-hydrogen) atoms. The molecule has 1 fully saturated rings. The Morgan fingerprint density at radius 3 is 2.56 bits per heavy atom. The smallest absolute Gasteiger partial charge is 0.235 e.